The second kappa shape index (κ2) is 7.35. The Labute approximate surface area is 133 Å². The van der Waals surface area contributed by atoms with E-state index in [0.29, 0.717) is 35.2 Å². The minimum Gasteiger partial charge on any atom is -0.385 e. The predicted octanol–water partition coefficient (Wildman–Crippen LogP) is 1.51. The maximum Gasteiger partial charge on any atom is 0.253 e. The molecule has 0 aliphatic heterocycles. The van der Waals surface area contributed by atoms with Crippen LogP contribution in [0.15, 0.2) is 21.5 Å². The van der Waals surface area contributed by atoms with E-state index in [9.17, 15) is 13.2 Å². The smallest absolute Gasteiger partial charge is 0.253 e. The number of amides is 1. The van der Waals surface area contributed by atoms with E-state index in [-0.39, 0.29) is 10.8 Å². The molecule has 0 saturated carbocycles. The highest BCUT2D eigenvalue weighted by molar-refractivity contribution is 9.10. The number of methoxy groups -OCH3 is 1. The highest BCUT2D eigenvalue weighted by atomic mass is 79.9. The summed E-state index contributed by atoms with van der Waals surface area (Å²) < 4.78 is 28.6. The fraction of sp³-hybridized carbons (Fsp3) is 0.462. The first kappa shape index (κ1) is 18.1. The summed E-state index contributed by atoms with van der Waals surface area (Å²) in [5.74, 6) is -0.255. The van der Waals surface area contributed by atoms with Gasteiger partial charge in [0.15, 0.2) is 0 Å². The number of primary sulfonamides is 1. The van der Waals surface area contributed by atoms with Crippen LogP contribution in [0.25, 0.3) is 0 Å². The van der Waals surface area contributed by atoms with E-state index in [2.05, 4.69) is 15.9 Å². The average molecular weight is 379 g/mol. The molecule has 0 bridgehead atoms. The van der Waals surface area contributed by atoms with Crippen LogP contribution >= 0.6 is 15.9 Å². The molecule has 0 aromatic heterocycles. The molecule has 0 unspecified atom stereocenters. The van der Waals surface area contributed by atoms with Crippen LogP contribution in [0.3, 0.4) is 0 Å². The maximum absolute atomic E-state index is 12.4. The zero-order valence-electron chi connectivity index (χ0n) is 12.2. The standard InChI is InChI=1S/C13H19BrN2O4S/c1-9-11(13(17)16(2)5-4-6-20-3)7-10(14)8-12(9)21(15,18)19/h7-8H,4-6H2,1-3H3,(H2,15,18,19). The molecule has 1 amide bonds. The van der Waals surface area contributed by atoms with Crippen molar-refractivity contribution in [3.8, 4) is 0 Å². The zero-order chi connectivity index (χ0) is 16.2. The molecule has 118 valence electrons. The van der Waals surface area contributed by atoms with Crippen molar-refractivity contribution in [1.29, 1.82) is 0 Å². The number of rotatable bonds is 6. The fourth-order valence-corrected chi connectivity index (χ4v) is 3.36. The van der Waals surface area contributed by atoms with Crippen LogP contribution in [0.2, 0.25) is 0 Å². The van der Waals surface area contributed by atoms with Gasteiger partial charge in [-0.15, -0.1) is 0 Å². The molecule has 0 fully saturated rings. The van der Waals surface area contributed by atoms with Gasteiger partial charge in [0.25, 0.3) is 5.91 Å². The van der Waals surface area contributed by atoms with Crippen molar-refractivity contribution in [2.24, 2.45) is 5.14 Å². The molecule has 21 heavy (non-hydrogen) atoms. The molecule has 0 saturated heterocycles. The van der Waals surface area contributed by atoms with Crippen molar-refractivity contribution in [3.05, 3.63) is 27.7 Å². The van der Waals surface area contributed by atoms with Crippen molar-refractivity contribution >= 4 is 31.9 Å². The van der Waals surface area contributed by atoms with Crippen LogP contribution < -0.4 is 5.14 Å². The van der Waals surface area contributed by atoms with E-state index in [1.807, 2.05) is 0 Å². The molecule has 1 aromatic carbocycles. The van der Waals surface area contributed by atoms with Gasteiger partial charge in [-0.3, -0.25) is 4.79 Å². The molecular weight excluding hydrogens is 360 g/mol. The summed E-state index contributed by atoms with van der Waals surface area (Å²) in [5, 5.41) is 5.18. The van der Waals surface area contributed by atoms with E-state index >= 15 is 0 Å². The quantitative estimate of drug-likeness (QED) is 0.759. The molecule has 6 nitrogen and oxygen atoms in total. The average Bonchev–Trinajstić information content (AvgIpc) is 2.39. The Morgan fingerprint density at radius 1 is 1.43 bits per heavy atom. The lowest BCUT2D eigenvalue weighted by Gasteiger charge is -2.19. The van der Waals surface area contributed by atoms with Crippen LogP contribution in [0.1, 0.15) is 22.3 Å². The lowest BCUT2D eigenvalue weighted by atomic mass is 10.1. The molecule has 0 spiro atoms. The Bertz CT molecular complexity index is 631. The summed E-state index contributed by atoms with van der Waals surface area (Å²) >= 11 is 3.21. The van der Waals surface area contributed by atoms with Gasteiger partial charge in [-0.1, -0.05) is 15.9 Å². The molecule has 0 heterocycles. The third kappa shape index (κ3) is 4.77. The number of nitrogens with two attached hydrogens (primary N) is 1. The van der Waals surface area contributed by atoms with Crippen molar-refractivity contribution in [2.45, 2.75) is 18.2 Å². The number of hydrogen-bond acceptors (Lipinski definition) is 4. The van der Waals surface area contributed by atoms with E-state index < -0.39 is 10.0 Å². The molecule has 8 heteroatoms. The number of sulfonamides is 1. The Morgan fingerprint density at radius 2 is 2.05 bits per heavy atom. The number of ether oxygens (including phenoxy) is 1. The van der Waals surface area contributed by atoms with E-state index in [1.54, 1.807) is 27.1 Å². The van der Waals surface area contributed by atoms with Gasteiger partial charge in [-0.2, -0.15) is 0 Å². The van der Waals surface area contributed by atoms with Gasteiger partial charge in [0.2, 0.25) is 10.0 Å². The lowest BCUT2D eigenvalue weighted by molar-refractivity contribution is 0.0778. The van der Waals surface area contributed by atoms with Gasteiger partial charge in [-0.25, -0.2) is 13.6 Å². The number of carbonyl (C=O) groups excluding carboxylic acids is 1. The Kier molecular flexibility index (Phi) is 6.33. The molecule has 0 aliphatic rings. The van der Waals surface area contributed by atoms with Crippen molar-refractivity contribution in [1.82, 2.24) is 4.90 Å². The van der Waals surface area contributed by atoms with E-state index in [1.165, 1.54) is 11.0 Å². The summed E-state index contributed by atoms with van der Waals surface area (Å²) in [6.45, 7) is 2.64. The Morgan fingerprint density at radius 3 is 2.57 bits per heavy atom. The van der Waals surface area contributed by atoms with Gasteiger partial charge in [0, 0.05) is 37.3 Å². The number of halogens is 1. The second-order valence-corrected chi connectivity index (χ2v) is 7.14. The minimum absolute atomic E-state index is 0.0504. The summed E-state index contributed by atoms with van der Waals surface area (Å²) in [5.41, 5.74) is 0.664. The second-order valence-electron chi connectivity index (χ2n) is 4.69. The maximum atomic E-state index is 12.4. The predicted molar refractivity (Wildman–Crippen MR) is 83.7 cm³/mol. The van der Waals surface area contributed by atoms with Crippen LogP contribution in [0, 0.1) is 6.92 Å². The monoisotopic (exact) mass is 378 g/mol. The summed E-state index contributed by atoms with van der Waals surface area (Å²) in [7, 11) is -0.622. The Balaban J connectivity index is 3.13. The highest BCUT2D eigenvalue weighted by Gasteiger charge is 2.21. The largest absolute Gasteiger partial charge is 0.385 e. The van der Waals surface area contributed by atoms with Crippen LogP contribution in [0.5, 0.6) is 0 Å². The first-order valence-electron chi connectivity index (χ1n) is 6.25. The van der Waals surface area contributed by atoms with Crippen molar-refractivity contribution in [2.75, 3.05) is 27.3 Å². The molecule has 2 N–H and O–H groups in total. The molecule has 0 atom stereocenters. The molecule has 1 aromatic rings. The normalized spacial score (nSPS) is 11.5. The molecule has 1 rings (SSSR count). The number of benzene rings is 1. The summed E-state index contributed by atoms with van der Waals surface area (Å²) in [6, 6.07) is 2.99. The van der Waals surface area contributed by atoms with Gasteiger partial charge in [0.05, 0.1) is 4.90 Å². The first-order chi connectivity index (χ1) is 9.68. The van der Waals surface area contributed by atoms with Crippen LogP contribution in [0.4, 0.5) is 0 Å². The number of carbonyl (C=O) groups is 1. The van der Waals surface area contributed by atoms with Gasteiger partial charge in [0.1, 0.15) is 0 Å². The van der Waals surface area contributed by atoms with Crippen LogP contribution in [-0.2, 0) is 14.8 Å². The lowest BCUT2D eigenvalue weighted by Crippen LogP contribution is -2.29. The fourth-order valence-electron chi connectivity index (χ4n) is 1.92. The van der Waals surface area contributed by atoms with Gasteiger partial charge < -0.3 is 9.64 Å². The SMILES string of the molecule is COCCCN(C)C(=O)c1cc(Br)cc(S(N)(=O)=O)c1C. The van der Waals surface area contributed by atoms with Crippen molar-refractivity contribution < 1.29 is 17.9 Å². The van der Waals surface area contributed by atoms with E-state index in [0.717, 1.165) is 0 Å². The molecule has 0 aliphatic carbocycles. The Hall–Kier alpha value is -0.960. The molecular formula is C13H19BrN2O4S. The third-order valence-electron chi connectivity index (χ3n) is 3.05. The zero-order valence-corrected chi connectivity index (χ0v) is 14.6. The number of nitrogens with zero attached hydrogens (tertiary/aromatic N) is 1. The minimum atomic E-state index is -3.88. The number of hydrogen-bond donors (Lipinski definition) is 1. The van der Waals surface area contributed by atoms with E-state index in [4.69, 9.17) is 9.88 Å². The summed E-state index contributed by atoms with van der Waals surface area (Å²) in [6.07, 6.45) is 0.702. The van der Waals surface area contributed by atoms with Crippen molar-refractivity contribution in [3.63, 3.8) is 0 Å². The first-order valence-corrected chi connectivity index (χ1v) is 8.59. The third-order valence-corrected chi connectivity index (χ3v) is 4.55. The highest BCUT2D eigenvalue weighted by Crippen LogP contribution is 2.25. The summed E-state index contributed by atoms with van der Waals surface area (Å²) in [4.78, 5) is 13.9. The van der Waals surface area contributed by atoms with Gasteiger partial charge in [-0.05, 0) is 31.0 Å². The molecule has 0 radical (unpaired) electrons. The topological polar surface area (TPSA) is 89.7 Å². The van der Waals surface area contributed by atoms with Gasteiger partial charge >= 0.3 is 0 Å². The van der Waals surface area contributed by atoms with Crippen LogP contribution in [-0.4, -0.2) is 46.5 Å².